The molecule has 0 spiro atoms. The van der Waals surface area contributed by atoms with Crippen molar-refractivity contribution in [2.45, 2.75) is 38.5 Å². The minimum Gasteiger partial charge on any atom is -0.481 e. The summed E-state index contributed by atoms with van der Waals surface area (Å²) in [5.74, 6) is -0.0239. The molecule has 5 nitrogen and oxygen atoms in total. The summed E-state index contributed by atoms with van der Waals surface area (Å²) in [5.41, 5.74) is 0. The third-order valence-corrected chi connectivity index (χ3v) is 5.46. The number of nitrogens with one attached hydrogen (secondary N) is 1. The number of sulfonamides is 1. The van der Waals surface area contributed by atoms with Crippen molar-refractivity contribution in [1.82, 2.24) is 4.72 Å². The van der Waals surface area contributed by atoms with Gasteiger partial charge in [-0.15, -0.1) is 0 Å². The first-order valence-corrected chi connectivity index (χ1v) is 8.31. The molecule has 0 atom stereocenters. The molecule has 0 radical (unpaired) electrons. The lowest BCUT2D eigenvalue weighted by Gasteiger charge is -2.26. The highest BCUT2D eigenvalue weighted by atomic mass is 32.2. The molecule has 0 unspecified atom stereocenters. The van der Waals surface area contributed by atoms with Crippen LogP contribution in [0.3, 0.4) is 0 Å². The standard InChI is InChI=1S/C12H21NO4S/c14-12(15)11-5-3-9(4-6-11)7-13-18(16,17)8-10-1-2-10/h9-11,13H,1-8H2,(H,14,15). The molecule has 6 heteroatoms. The molecule has 104 valence electrons. The van der Waals surface area contributed by atoms with E-state index < -0.39 is 16.0 Å². The molecule has 0 aromatic heterocycles. The topological polar surface area (TPSA) is 83.5 Å². The van der Waals surface area contributed by atoms with Gasteiger partial charge in [-0.05, 0) is 50.4 Å². The Hall–Kier alpha value is -0.620. The molecule has 0 aromatic rings. The van der Waals surface area contributed by atoms with Crippen LogP contribution in [-0.2, 0) is 14.8 Å². The number of carboxylic acids is 1. The summed E-state index contributed by atoms with van der Waals surface area (Å²) in [6, 6.07) is 0. The van der Waals surface area contributed by atoms with Gasteiger partial charge in [-0.1, -0.05) is 0 Å². The van der Waals surface area contributed by atoms with Crippen molar-refractivity contribution in [3.05, 3.63) is 0 Å². The molecule has 0 aromatic carbocycles. The van der Waals surface area contributed by atoms with E-state index in [4.69, 9.17) is 5.11 Å². The normalized spacial score (nSPS) is 29.1. The van der Waals surface area contributed by atoms with Gasteiger partial charge in [-0.25, -0.2) is 13.1 Å². The Balaban J connectivity index is 1.69. The average Bonchev–Trinajstić information content (AvgIpc) is 3.10. The molecule has 2 aliphatic rings. The second-order valence-corrected chi connectivity index (χ2v) is 7.48. The van der Waals surface area contributed by atoms with Gasteiger partial charge in [-0.2, -0.15) is 0 Å². The van der Waals surface area contributed by atoms with Crippen molar-refractivity contribution in [3.8, 4) is 0 Å². The lowest BCUT2D eigenvalue weighted by atomic mass is 9.82. The molecule has 2 fully saturated rings. The number of carbonyl (C=O) groups is 1. The lowest BCUT2D eigenvalue weighted by Crippen LogP contribution is -2.34. The second kappa shape index (κ2) is 5.57. The lowest BCUT2D eigenvalue weighted by molar-refractivity contribution is -0.143. The summed E-state index contributed by atoms with van der Waals surface area (Å²) in [4.78, 5) is 10.8. The largest absolute Gasteiger partial charge is 0.481 e. The smallest absolute Gasteiger partial charge is 0.306 e. The predicted octanol–water partition coefficient (Wildman–Crippen LogP) is 1.21. The van der Waals surface area contributed by atoms with Crippen molar-refractivity contribution in [2.75, 3.05) is 12.3 Å². The molecule has 2 N–H and O–H groups in total. The molecule has 2 aliphatic carbocycles. The fraction of sp³-hybridized carbons (Fsp3) is 0.917. The van der Waals surface area contributed by atoms with Crippen LogP contribution in [0.25, 0.3) is 0 Å². The summed E-state index contributed by atoms with van der Waals surface area (Å²) < 4.78 is 26.1. The van der Waals surface area contributed by atoms with E-state index in [2.05, 4.69) is 4.72 Å². The molecule has 0 heterocycles. The van der Waals surface area contributed by atoms with Crippen molar-refractivity contribution >= 4 is 16.0 Å². The van der Waals surface area contributed by atoms with E-state index in [9.17, 15) is 13.2 Å². The van der Waals surface area contributed by atoms with Gasteiger partial charge >= 0.3 is 5.97 Å². The van der Waals surface area contributed by atoms with Crippen LogP contribution >= 0.6 is 0 Å². The van der Waals surface area contributed by atoms with E-state index in [0.717, 1.165) is 25.7 Å². The summed E-state index contributed by atoms with van der Waals surface area (Å²) in [7, 11) is -3.11. The molecule has 0 amide bonds. The number of hydrogen-bond donors (Lipinski definition) is 2. The van der Waals surface area contributed by atoms with E-state index in [-0.39, 0.29) is 11.7 Å². The summed E-state index contributed by atoms with van der Waals surface area (Å²) >= 11 is 0. The van der Waals surface area contributed by atoms with Crippen LogP contribution in [0, 0.1) is 17.8 Å². The Labute approximate surface area is 108 Å². The van der Waals surface area contributed by atoms with Gasteiger partial charge in [0.25, 0.3) is 0 Å². The highest BCUT2D eigenvalue weighted by Crippen LogP contribution is 2.31. The summed E-state index contributed by atoms with van der Waals surface area (Å²) in [6.07, 6.45) is 5.02. The zero-order valence-electron chi connectivity index (χ0n) is 10.5. The molecule has 2 saturated carbocycles. The van der Waals surface area contributed by atoms with E-state index in [1.54, 1.807) is 0 Å². The quantitative estimate of drug-likeness (QED) is 0.763. The Bertz CT molecular complexity index is 394. The molecule has 0 aliphatic heterocycles. The van der Waals surface area contributed by atoms with Gasteiger partial charge in [0.2, 0.25) is 10.0 Å². The van der Waals surface area contributed by atoms with E-state index in [1.807, 2.05) is 0 Å². The Morgan fingerprint density at radius 2 is 1.61 bits per heavy atom. The molecule has 0 saturated heterocycles. The minimum atomic E-state index is -3.11. The van der Waals surface area contributed by atoms with Crippen molar-refractivity contribution < 1.29 is 18.3 Å². The second-order valence-electron chi connectivity index (χ2n) is 5.63. The van der Waals surface area contributed by atoms with Crippen molar-refractivity contribution in [3.63, 3.8) is 0 Å². The van der Waals surface area contributed by atoms with Gasteiger partial charge in [0.05, 0.1) is 11.7 Å². The predicted molar refractivity (Wildman–Crippen MR) is 67.6 cm³/mol. The summed E-state index contributed by atoms with van der Waals surface area (Å²) in [5, 5.41) is 8.88. The maximum absolute atomic E-state index is 11.7. The first-order valence-electron chi connectivity index (χ1n) is 6.66. The van der Waals surface area contributed by atoms with Crippen LogP contribution in [0.15, 0.2) is 0 Å². The molecular formula is C12H21NO4S. The maximum Gasteiger partial charge on any atom is 0.306 e. The Morgan fingerprint density at radius 3 is 2.11 bits per heavy atom. The first-order chi connectivity index (χ1) is 8.46. The van der Waals surface area contributed by atoms with Crippen LogP contribution in [0.5, 0.6) is 0 Å². The SMILES string of the molecule is O=C(O)C1CCC(CNS(=O)(=O)CC2CC2)CC1. The number of rotatable bonds is 6. The minimum absolute atomic E-state index is 0.232. The van der Waals surface area contributed by atoms with E-state index in [0.29, 0.717) is 31.2 Å². The number of aliphatic carboxylic acids is 1. The number of carboxylic acid groups (broad SMARTS) is 1. The molecule has 18 heavy (non-hydrogen) atoms. The van der Waals surface area contributed by atoms with E-state index >= 15 is 0 Å². The van der Waals surface area contributed by atoms with Gasteiger partial charge < -0.3 is 5.11 Å². The van der Waals surface area contributed by atoms with Crippen LogP contribution in [0.2, 0.25) is 0 Å². The fourth-order valence-corrected chi connectivity index (χ4v) is 4.07. The van der Waals surface area contributed by atoms with Crippen LogP contribution < -0.4 is 4.72 Å². The molecular weight excluding hydrogens is 254 g/mol. The zero-order valence-corrected chi connectivity index (χ0v) is 11.3. The third kappa shape index (κ3) is 4.24. The third-order valence-electron chi connectivity index (χ3n) is 3.94. The molecule has 0 bridgehead atoms. The highest BCUT2D eigenvalue weighted by molar-refractivity contribution is 7.89. The maximum atomic E-state index is 11.7. The van der Waals surface area contributed by atoms with Crippen LogP contribution in [0.4, 0.5) is 0 Å². The van der Waals surface area contributed by atoms with Crippen LogP contribution in [0.1, 0.15) is 38.5 Å². The van der Waals surface area contributed by atoms with Gasteiger partial charge in [0.1, 0.15) is 0 Å². The summed E-state index contributed by atoms with van der Waals surface area (Å²) in [6.45, 7) is 0.474. The fourth-order valence-electron chi connectivity index (χ4n) is 2.51. The van der Waals surface area contributed by atoms with Gasteiger partial charge in [0.15, 0.2) is 0 Å². The van der Waals surface area contributed by atoms with Gasteiger partial charge in [0, 0.05) is 6.54 Å². The van der Waals surface area contributed by atoms with Gasteiger partial charge in [-0.3, -0.25) is 4.79 Å². The Morgan fingerprint density at radius 1 is 1.06 bits per heavy atom. The molecule has 2 rings (SSSR count). The zero-order chi connectivity index (χ0) is 13.2. The van der Waals surface area contributed by atoms with E-state index in [1.165, 1.54) is 0 Å². The highest BCUT2D eigenvalue weighted by Gasteiger charge is 2.29. The number of hydrogen-bond acceptors (Lipinski definition) is 3. The first kappa shape index (κ1) is 13.8. The van der Waals surface area contributed by atoms with Crippen molar-refractivity contribution in [2.24, 2.45) is 17.8 Å². The monoisotopic (exact) mass is 275 g/mol. The Kier molecular flexibility index (Phi) is 4.27. The van der Waals surface area contributed by atoms with Crippen LogP contribution in [-0.4, -0.2) is 31.8 Å². The van der Waals surface area contributed by atoms with Crippen molar-refractivity contribution in [1.29, 1.82) is 0 Å². The average molecular weight is 275 g/mol.